The van der Waals surface area contributed by atoms with E-state index in [0.29, 0.717) is 0 Å². The molecule has 0 atom stereocenters. The summed E-state index contributed by atoms with van der Waals surface area (Å²) in [6.45, 7) is 3.18. The van der Waals surface area contributed by atoms with E-state index in [0.717, 1.165) is 12.5 Å². The summed E-state index contributed by atoms with van der Waals surface area (Å²) in [5.41, 5.74) is 0. The molecule has 0 radical (unpaired) electrons. The Morgan fingerprint density at radius 1 is 1.90 bits per heavy atom. The van der Waals surface area contributed by atoms with Gasteiger partial charge in [0, 0.05) is 6.08 Å². The molecule has 52 valence electrons. The number of hydrogen-bond acceptors (Lipinski definition) is 5. The molecule has 0 saturated heterocycles. The summed E-state index contributed by atoms with van der Waals surface area (Å²) in [7, 11) is 0. The van der Waals surface area contributed by atoms with Crippen molar-refractivity contribution in [3.05, 3.63) is 19.0 Å². The van der Waals surface area contributed by atoms with Crippen LogP contribution in [0.2, 0.25) is 0 Å². The summed E-state index contributed by atoms with van der Waals surface area (Å²) in [4.78, 5) is 10.4. The predicted octanol–water partition coefficient (Wildman–Crippen LogP) is 0.161. The third-order valence-electron chi connectivity index (χ3n) is 0.695. The van der Waals surface area contributed by atoms with E-state index in [1.807, 2.05) is 0 Å². The fourth-order valence-electron chi connectivity index (χ4n) is 0.335. The minimum absolute atomic E-state index is 0.176. The fraction of sp³-hybridized carbons (Fsp3) is 0. The first kappa shape index (κ1) is 6.47. The van der Waals surface area contributed by atoms with Gasteiger partial charge in [0.25, 0.3) is 0 Å². The zero-order valence-electron chi connectivity index (χ0n) is 4.98. The summed E-state index contributed by atoms with van der Waals surface area (Å²) in [6, 6.07) is 0. The Morgan fingerprint density at radius 2 is 2.70 bits per heavy atom. The molecule has 0 N–H and O–H groups in total. The smallest absolute Gasteiger partial charge is 0.396 e. The molecule has 1 aromatic rings. The number of rotatable bonds is 2. The van der Waals surface area contributed by atoms with Crippen LogP contribution >= 0.6 is 0 Å². The van der Waals surface area contributed by atoms with Crippen LogP contribution in [-0.2, 0) is 4.79 Å². The molecule has 5 heteroatoms. The third-order valence-corrected chi connectivity index (χ3v) is 0.695. The number of hydrogen-bond donors (Lipinski definition) is 0. The van der Waals surface area contributed by atoms with Gasteiger partial charge in [-0.2, -0.15) is 0 Å². The van der Waals surface area contributed by atoms with Crippen LogP contribution in [0.4, 0.5) is 0 Å². The normalized spacial score (nSPS) is 8.80. The molecule has 0 unspecified atom stereocenters. The first-order chi connectivity index (χ1) is 4.83. The molecule has 1 aromatic heterocycles. The molecule has 0 amide bonds. The van der Waals surface area contributed by atoms with Gasteiger partial charge in [-0.3, -0.25) is 0 Å². The van der Waals surface area contributed by atoms with Crippen molar-refractivity contribution < 1.29 is 13.9 Å². The molecular weight excluding hydrogens is 136 g/mol. The molecule has 0 spiro atoms. The second-order valence-electron chi connectivity index (χ2n) is 1.33. The van der Waals surface area contributed by atoms with Crippen molar-refractivity contribution in [1.29, 1.82) is 0 Å². The van der Waals surface area contributed by atoms with E-state index in [4.69, 9.17) is 0 Å². The zero-order valence-corrected chi connectivity index (χ0v) is 4.98. The minimum atomic E-state index is -0.621. The van der Waals surface area contributed by atoms with Crippen molar-refractivity contribution in [1.82, 2.24) is 10.2 Å². The number of carbonyl (C=O) groups excluding carboxylic acids is 1. The van der Waals surface area contributed by atoms with Crippen molar-refractivity contribution in [2.45, 2.75) is 0 Å². The van der Waals surface area contributed by atoms with Crippen LogP contribution in [0.5, 0.6) is 6.08 Å². The second kappa shape index (κ2) is 2.77. The lowest BCUT2D eigenvalue weighted by molar-refractivity contribution is -0.130. The molecule has 5 nitrogen and oxygen atoms in total. The predicted molar refractivity (Wildman–Crippen MR) is 30.1 cm³/mol. The molecular formula is C5H4N2O3. The lowest BCUT2D eigenvalue weighted by Crippen LogP contribution is -2.02. The summed E-state index contributed by atoms with van der Waals surface area (Å²) in [6.07, 6.45) is 1.89. The Morgan fingerprint density at radius 3 is 3.20 bits per heavy atom. The van der Waals surface area contributed by atoms with Gasteiger partial charge in [0.15, 0.2) is 0 Å². The van der Waals surface area contributed by atoms with Gasteiger partial charge in [0.1, 0.15) is 0 Å². The van der Waals surface area contributed by atoms with E-state index in [9.17, 15) is 4.79 Å². The molecule has 0 aliphatic heterocycles. The van der Waals surface area contributed by atoms with Crippen LogP contribution in [-0.4, -0.2) is 16.2 Å². The molecule has 0 aliphatic rings. The van der Waals surface area contributed by atoms with E-state index >= 15 is 0 Å². The molecule has 1 rings (SSSR count). The van der Waals surface area contributed by atoms with Crippen LogP contribution in [0.25, 0.3) is 0 Å². The number of esters is 1. The first-order valence-electron chi connectivity index (χ1n) is 2.43. The quantitative estimate of drug-likeness (QED) is 0.432. The highest BCUT2D eigenvalue weighted by atomic mass is 16.6. The number of ether oxygens (including phenoxy) is 1. The van der Waals surface area contributed by atoms with Gasteiger partial charge in [0.2, 0.25) is 6.39 Å². The zero-order chi connectivity index (χ0) is 7.40. The van der Waals surface area contributed by atoms with Gasteiger partial charge in [-0.25, -0.2) is 4.79 Å². The molecule has 10 heavy (non-hydrogen) atoms. The molecule has 0 aromatic carbocycles. The topological polar surface area (TPSA) is 65.2 Å². The standard InChI is InChI=1S/C5H4N2O3/c1-2-4(8)10-5-7-6-3-9-5/h2-3H,1H2. The van der Waals surface area contributed by atoms with E-state index in [2.05, 4.69) is 25.9 Å². The maximum absolute atomic E-state index is 10.4. The Labute approximate surface area is 56.3 Å². The Balaban J connectivity index is 2.56. The van der Waals surface area contributed by atoms with Crippen molar-refractivity contribution in [3.8, 4) is 6.08 Å². The van der Waals surface area contributed by atoms with Crippen molar-refractivity contribution in [3.63, 3.8) is 0 Å². The summed E-state index contributed by atoms with van der Waals surface area (Å²) < 4.78 is 8.90. The van der Waals surface area contributed by atoms with Crippen molar-refractivity contribution >= 4 is 5.97 Å². The van der Waals surface area contributed by atoms with Gasteiger partial charge >= 0.3 is 12.0 Å². The van der Waals surface area contributed by atoms with Crippen molar-refractivity contribution in [2.24, 2.45) is 0 Å². The molecule has 1 heterocycles. The maximum Gasteiger partial charge on any atom is 0.422 e. The second-order valence-corrected chi connectivity index (χ2v) is 1.33. The highest BCUT2D eigenvalue weighted by Crippen LogP contribution is 2.01. The van der Waals surface area contributed by atoms with Gasteiger partial charge in [0.05, 0.1) is 0 Å². The molecule has 0 aliphatic carbocycles. The Bertz CT molecular complexity index is 229. The Hall–Kier alpha value is -1.65. The van der Waals surface area contributed by atoms with E-state index < -0.39 is 5.97 Å². The first-order valence-corrected chi connectivity index (χ1v) is 2.43. The summed E-state index contributed by atoms with van der Waals surface area (Å²) in [5, 5.41) is 6.58. The molecule has 0 bridgehead atoms. The van der Waals surface area contributed by atoms with Crippen LogP contribution in [0.15, 0.2) is 23.5 Å². The highest BCUT2D eigenvalue weighted by Gasteiger charge is 2.02. The van der Waals surface area contributed by atoms with Gasteiger partial charge in [-0.15, -0.1) is 5.10 Å². The largest absolute Gasteiger partial charge is 0.422 e. The summed E-state index contributed by atoms with van der Waals surface area (Å²) >= 11 is 0. The Kier molecular flexibility index (Phi) is 1.79. The van der Waals surface area contributed by atoms with E-state index in [1.165, 1.54) is 0 Å². The number of carbonyl (C=O) groups is 1. The van der Waals surface area contributed by atoms with Gasteiger partial charge in [-0.05, 0) is 0 Å². The molecule has 0 saturated carbocycles. The lowest BCUT2D eigenvalue weighted by Gasteiger charge is -1.88. The van der Waals surface area contributed by atoms with E-state index in [-0.39, 0.29) is 6.08 Å². The summed E-state index contributed by atoms with van der Waals surface area (Å²) in [5.74, 6) is -0.621. The third kappa shape index (κ3) is 1.41. The van der Waals surface area contributed by atoms with Crippen LogP contribution in [0.1, 0.15) is 0 Å². The maximum atomic E-state index is 10.4. The van der Waals surface area contributed by atoms with Crippen molar-refractivity contribution in [2.75, 3.05) is 0 Å². The van der Waals surface area contributed by atoms with Crippen LogP contribution in [0.3, 0.4) is 0 Å². The number of nitrogens with zero attached hydrogens (tertiary/aromatic N) is 2. The highest BCUT2D eigenvalue weighted by molar-refractivity contribution is 5.82. The average Bonchev–Trinajstić information content (AvgIpc) is 2.40. The molecule has 0 fully saturated rings. The minimum Gasteiger partial charge on any atom is -0.396 e. The van der Waals surface area contributed by atoms with Crippen LogP contribution < -0.4 is 4.74 Å². The van der Waals surface area contributed by atoms with Crippen LogP contribution in [0, 0.1) is 0 Å². The number of aromatic nitrogens is 2. The van der Waals surface area contributed by atoms with Gasteiger partial charge in [-0.1, -0.05) is 11.7 Å². The van der Waals surface area contributed by atoms with Gasteiger partial charge < -0.3 is 9.15 Å². The SMILES string of the molecule is C=CC(=O)Oc1nnco1. The average molecular weight is 140 g/mol. The fourth-order valence-corrected chi connectivity index (χ4v) is 0.335. The van der Waals surface area contributed by atoms with E-state index in [1.54, 1.807) is 0 Å². The lowest BCUT2D eigenvalue weighted by atomic mass is 10.7. The monoisotopic (exact) mass is 140 g/mol.